The zero-order chi connectivity index (χ0) is 12.8. The van der Waals surface area contributed by atoms with Crippen LogP contribution in [0.5, 0.6) is 11.5 Å². The second-order valence-corrected chi connectivity index (χ2v) is 4.69. The Hall–Kier alpha value is -1.22. The lowest BCUT2D eigenvalue weighted by Crippen LogP contribution is -2.12. The Morgan fingerprint density at radius 3 is 2.35 bits per heavy atom. The summed E-state index contributed by atoms with van der Waals surface area (Å²) in [5, 5.41) is 0. The third kappa shape index (κ3) is 3.93. The van der Waals surface area contributed by atoms with E-state index in [1.807, 2.05) is 18.2 Å². The zero-order valence-corrected chi connectivity index (χ0v) is 11.2. The smallest absolute Gasteiger partial charge is 0.127 e. The van der Waals surface area contributed by atoms with E-state index in [-0.39, 0.29) is 6.04 Å². The minimum atomic E-state index is 0.0262. The molecule has 1 aromatic rings. The molecule has 1 rings (SSSR count). The molecule has 17 heavy (non-hydrogen) atoms. The fourth-order valence-electron chi connectivity index (χ4n) is 1.79. The maximum Gasteiger partial charge on any atom is 0.127 e. The molecule has 1 aromatic carbocycles. The summed E-state index contributed by atoms with van der Waals surface area (Å²) in [6.07, 6.45) is 2.09. The van der Waals surface area contributed by atoms with Crippen molar-refractivity contribution in [2.75, 3.05) is 14.2 Å². The van der Waals surface area contributed by atoms with Crippen LogP contribution in [0.3, 0.4) is 0 Å². The van der Waals surface area contributed by atoms with Crippen molar-refractivity contribution in [2.24, 2.45) is 11.7 Å². The third-order valence-corrected chi connectivity index (χ3v) is 2.90. The number of benzene rings is 1. The molecular formula is C14H23NO2. The summed E-state index contributed by atoms with van der Waals surface area (Å²) in [7, 11) is 3.31. The van der Waals surface area contributed by atoms with Gasteiger partial charge in [0.1, 0.15) is 11.5 Å². The number of rotatable bonds is 6. The van der Waals surface area contributed by atoms with E-state index in [0.29, 0.717) is 5.92 Å². The first-order valence-electron chi connectivity index (χ1n) is 6.06. The Labute approximate surface area is 104 Å². The molecule has 96 valence electrons. The van der Waals surface area contributed by atoms with Gasteiger partial charge in [0, 0.05) is 17.7 Å². The van der Waals surface area contributed by atoms with Crippen LogP contribution in [-0.4, -0.2) is 14.2 Å². The van der Waals surface area contributed by atoms with Crippen molar-refractivity contribution in [3.05, 3.63) is 23.8 Å². The first kappa shape index (κ1) is 13.8. The van der Waals surface area contributed by atoms with Crippen molar-refractivity contribution in [2.45, 2.75) is 32.7 Å². The minimum Gasteiger partial charge on any atom is -0.497 e. The highest BCUT2D eigenvalue weighted by Crippen LogP contribution is 2.30. The molecule has 2 N–H and O–H groups in total. The maximum absolute atomic E-state index is 6.19. The molecule has 0 saturated heterocycles. The van der Waals surface area contributed by atoms with E-state index in [4.69, 9.17) is 15.2 Å². The van der Waals surface area contributed by atoms with Crippen LogP contribution in [0.15, 0.2) is 18.2 Å². The van der Waals surface area contributed by atoms with E-state index in [0.717, 1.165) is 29.9 Å². The van der Waals surface area contributed by atoms with Gasteiger partial charge in [-0.3, -0.25) is 0 Å². The molecule has 0 aromatic heterocycles. The molecule has 0 heterocycles. The molecule has 0 unspecified atom stereocenters. The first-order valence-corrected chi connectivity index (χ1v) is 6.06. The molecule has 0 spiro atoms. The highest BCUT2D eigenvalue weighted by Gasteiger charge is 2.13. The average molecular weight is 237 g/mol. The van der Waals surface area contributed by atoms with Crippen LogP contribution in [0, 0.1) is 5.92 Å². The molecule has 0 fully saturated rings. The van der Waals surface area contributed by atoms with Gasteiger partial charge in [-0.25, -0.2) is 0 Å². The van der Waals surface area contributed by atoms with Crippen LogP contribution in [0.4, 0.5) is 0 Å². The zero-order valence-electron chi connectivity index (χ0n) is 11.2. The van der Waals surface area contributed by atoms with Gasteiger partial charge in [0.15, 0.2) is 0 Å². The van der Waals surface area contributed by atoms with Crippen molar-refractivity contribution in [3.8, 4) is 11.5 Å². The van der Waals surface area contributed by atoms with Crippen LogP contribution in [0.2, 0.25) is 0 Å². The highest BCUT2D eigenvalue weighted by atomic mass is 16.5. The van der Waals surface area contributed by atoms with Crippen molar-refractivity contribution < 1.29 is 9.47 Å². The van der Waals surface area contributed by atoms with E-state index in [9.17, 15) is 0 Å². The van der Waals surface area contributed by atoms with Crippen LogP contribution in [-0.2, 0) is 0 Å². The number of hydrogen-bond acceptors (Lipinski definition) is 3. The van der Waals surface area contributed by atoms with Crippen molar-refractivity contribution in [1.82, 2.24) is 0 Å². The summed E-state index contributed by atoms with van der Waals surface area (Å²) < 4.78 is 10.5. The lowest BCUT2D eigenvalue weighted by molar-refractivity contribution is 0.385. The molecule has 0 aliphatic rings. The Balaban J connectivity index is 2.81. The fourth-order valence-corrected chi connectivity index (χ4v) is 1.79. The predicted molar refractivity (Wildman–Crippen MR) is 70.5 cm³/mol. The summed E-state index contributed by atoms with van der Waals surface area (Å²) in [5.41, 5.74) is 7.24. The van der Waals surface area contributed by atoms with E-state index in [1.54, 1.807) is 14.2 Å². The summed E-state index contributed by atoms with van der Waals surface area (Å²) in [6, 6.07) is 5.82. The summed E-state index contributed by atoms with van der Waals surface area (Å²) in [5.74, 6) is 2.27. The third-order valence-electron chi connectivity index (χ3n) is 2.90. The SMILES string of the molecule is COc1ccc([C@H](N)CCC(C)C)c(OC)c1. The van der Waals surface area contributed by atoms with Gasteiger partial charge in [0.05, 0.1) is 14.2 Å². The number of ether oxygens (including phenoxy) is 2. The quantitative estimate of drug-likeness (QED) is 0.826. The molecule has 0 saturated carbocycles. The van der Waals surface area contributed by atoms with E-state index in [1.165, 1.54) is 0 Å². The van der Waals surface area contributed by atoms with E-state index < -0.39 is 0 Å². The average Bonchev–Trinajstić information content (AvgIpc) is 2.34. The normalized spacial score (nSPS) is 12.6. The topological polar surface area (TPSA) is 44.5 Å². The molecule has 0 bridgehead atoms. The molecule has 1 atom stereocenters. The van der Waals surface area contributed by atoms with Gasteiger partial charge in [0.25, 0.3) is 0 Å². The Kier molecular flexibility index (Phi) is 5.29. The Morgan fingerprint density at radius 1 is 1.12 bits per heavy atom. The molecular weight excluding hydrogens is 214 g/mol. The van der Waals surface area contributed by atoms with Gasteiger partial charge in [-0.1, -0.05) is 19.9 Å². The minimum absolute atomic E-state index is 0.0262. The summed E-state index contributed by atoms with van der Waals surface area (Å²) in [6.45, 7) is 4.41. The summed E-state index contributed by atoms with van der Waals surface area (Å²) >= 11 is 0. The van der Waals surface area contributed by atoms with Crippen molar-refractivity contribution >= 4 is 0 Å². The molecule has 0 aliphatic heterocycles. The first-order chi connectivity index (χ1) is 8.08. The van der Waals surface area contributed by atoms with Gasteiger partial charge in [0.2, 0.25) is 0 Å². The van der Waals surface area contributed by atoms with Gasteiger partial charge in [-0.2, -0.15) is 0 Å². The summed E-state index contributed by atoms with van der Waals surface area (Å²) in [4.78, 5) is 0. The Morgan fingerprint density at radius 2 is 1.82 bits per heavy atom. The fraction of sp³-hybridized carbons (Fsp3) is 0.571. The van der Waals surface area contributed by atoms with E-state index in [2.05, 4.69) is 13.8 Å². The lowest BCUT2D eigenvalue weighted by atomic mass is 9.97. The van der Waals surface area contributed by atoms with Gasteiger partial charge in [-0.15, -0.1) is 0 Å². The molecule has 0 aliphatic carbocycles. The molecule has 3 nitrogen and oxygen atoms in total. The maximum atomic E-state index is 6.19. The lowest BCUT2D eigenvalue weighted by Gasteiger charge is -2.17. The Bertz CT molecular complexity index is 350. The standard InChI is InChI=1S/C14H23NO2/c1-10(2)5-8-13(15)12-7-6-11(16-3)9-14(12)17-4/h6-7,9-10,13H,5,8,15H2,1-4H3/t13-/m1/s1. The van der Waals surface area contributed by atoms with Gasteiger partial charge in [-0.05, 0) is 24.8 Å². The van der Waals surface area contributed by atoms with Crippen LogP contribution in [0.25, 0.3) is 0 Å². The van der Waals surface area contributed by atoms with Gasteiger partial charge >= 0.3 is 0 Å². The number of nitrogens with two attached hydrogens (primary N) is 1. The monoisotopic (exact) mass is 237 g/mol. The molecule has 0 amide bonds. The second kappa shape index (κ2) is 6.50. The van der Waals surface area contributed by atoms with Crippen molar-refractivity contribution in [3.63, 3.8) is 0 Å². The number of methoxy groups -OCH3 is 2. The van der Waals surface area contributed by atoms with E-state index >= 15 is 0 Å². The molecule has 0 radical (unpaired) electrons. The van der Waals surface area contributed by atoms with Crippen LogP contribution < -0.4 is 15.2 Å². The van der Waals surface area contributed by atoms with Crippen LogP contribution in [0.1, 0.15) is 38.3 Å². The highest BCUT2D eigenvalue weighted by molar-refractivity contribution is 5.42. The van der Waals surface area contributed by atoms with Crippen LogP contribution >= 0.6 is 0 Å². The van der Waals surface area contributed by atoms with Gasteiger partial charge < -0.3 is 15.2 Å². The predicted octanol–water partition coefficient (Wildman–Crippen LogP) is 3.14. The number of hydrogen-bond donors (Lipinski definition) is 1. The largest absolute Gasteiger partial charge is 0.497 e. The second-order valence-electron chi connectivity index (χ2n) is 4.69. The van der Waals surface area contributed by atoms with Crippen molar-refractivity contribution in [1.29, 1.82) is 0 Å². The molecule has 3 heteroatoms.